The van der Waals surface area contributed by atoms with Gasteiger partial charge in [0.1, 0.15) is 0 Å². The van der Waals surface area contributed by atoms with E-state index in [2.05, 4.69) is 0 Å². The van der Waals surface area contributed by atoms with Crippen LogP contribution in [0.1, 0.15) is 6.92 Å². The van der Waals surface area contributed by atoms with Crippen LogP contribution in [0.2, 0.25) is 0 Å². The lowest BCUT2D eigenvalue weighted by Gasteiger charge is -2.11. The van der Waals surface area contributed by atoms with E-state index >= 15 is 0 Å². The van der Waals surface area contributed by atoms with Crippen LogP contribution in [-0.4, -0.2) is 22.0 Å². The monoisotopic (exact) mass is 132 g/mol. The lowest BCUT2D eigenvalue weighted by Crippen LogP contribution is -2.37. The number of carbonyl (C=O) groups excluding carboxylic acids is 1. The average molecular weight is 132 g/mol. The van der Waals surface area contributed by atoms with Crippen molar-refractivity contribution in [2.45, 2.75) is 13.0 Å². The van der Waals surface area contributed by atoms with Gasteiger partial charge in [0.05, 0.1) is 6.04 Å². The third kappa shape index (κ3) is 0.809. The summed E-state index contributed by atoms with van der Waals surface area (Å²) in [4.78, 5) is 10.5. The smallest absolute Gasteiger partial charge is 0.268 e. The predicted octanol–water partition coefficient (Wildman–Crippen LogP) is 0.417. The molecule has 0 bridgehead atoms. The topological polar surface area (TPSA) is 46.3 Å². The molecule has 1 fully saturated rings. The molecule has 1 saturated heterocycles. The van der Waals surface area contributed by atoms with Crippen molar-refractivity contribution in [1.82, 2.24) is 5.01 Å². The molecule has 1 rings (SSSR count). The summed E-state index contributed by atoms with van der Waals surface area (Å²) in [6, 6.07) is 0.215. The minimum atomic E-state index is -0.0162. The van der Waals surface area contributed by atoms with Gasteiger partial charge in [0.25, 0.3) is 5.24 Å². The van der Waals surface area contributed by atoms with Crippen molar-refractivity contribution in [1.29, 1.82) is 0 Å². The van der Waals surface area contributed by atoms with E-state index in [4.69, 9.17) is 5.84 Å². The van der Waals surface area contributed by atoms with E-state index in [1.807, 2.05) is 6.92 Å². The second kappa shape index (κ2) is 1.95. The van der Waals surface area contributed by atoms with E-state index in [1.54, 1.807) is 0 Å². The van der Waals surface area contributed by atoms with Crippen LogP contribution in [0.3, 0.4) is 0 Å². The molecule has 1 amide bonds. The fourth-order valence-electron chi connectivity index (χ4n) is 0.527. The number of hydrazine groups is 1. The number of hydrogen-bond acceptors (Lipinski definition) is 3. The Hall–Kier alpha value is -0.220. The SMILES string of the molecule is CC1CSC(=O)N1N. The van der Waals surface area contributed by atoms with Crippen LogP contribution in [0, 0.1) is 0 Å². The van der Waals surface area contributed by atoms with Gasteiger partial charge in [-0.1, -0.05) is 11.8 Å². The zero-order valence-electron chi connectivity index (χ0n) is 4.63. The molecule has 0 aromatic rings. The van der Waals surface area contributed by atoms with Crippen LogP contribution in [0.25, 0.3) is 0 Å². The normalized spacial score (nSPS) is 29.5. The van der Waals surface area contributed by atoms with E-state index in [0.717, 1.165) is 5.75 Å². The van der Waals surface area contributed by atoms with E-state index < -0.39 is 0 Å². The molecule has 4 heteroatoms. The van der Waals surface area contributed by atoms with Crippen LogP contribution in [-0.2, 0) is 0 Å². The van der Waals surface area contributed by atoms with Gasteiger partial charge in [-0.05, 0) is 6.92 Å². The summed E-state index contributed by atoms with van der Waals surface area (Å²) in [5.74, 6) is 6.11. The van der Waals surface area contributed by atoms with Crippen LogP contribution in [0.5, 0.6) is 0 Å². The average Bonchev–Trinajstić information content (AvgIpc) is 1.98. The van der Waals surface area contributed by atoms with Gasteiger partial charge in [0, 0.05) is 5.75 Å². The van der Waals surface area contributed by atoms with Crippen LogP contribution >= 0.6 is 11.8 Å². The lowest BCUT2D eigenvalue weighted by atomic mass is 10.4. The zero-order chi connectivity index (χ0) is 6.15. The maximum atomic E-state index is 10.5. The van der Waals surface area contributed by atoms with Crippen molar-refractivity contribution in [2.24, 2.45) is 5.84 Å². The quantitative estimate of drug-likeness (QED) is 0.384. The molecule has 2 N–H and O–H groups in total. The van der Waals surface area contributed by atoms with E-state index in [-0.39, 0.29) is 11.3 Å². The first-order valence-electron chi connectivity index (χ1n) is 2.42. The number of nitrogens with zero attached hydrogens (tertiary/aromatic N) is 1. The summed E-state index contributed by atoms with van der Waals surface area (Å²) >= 11 is 1.28. The third-order valence-electron chi connectivity index (χ3n) is 1.13. The van der Waals surface area contributed by atoms with Crippen LogP contribution in [0.4, 0.5) is 4.79 Å². The van der Waals surface area contributed by atoms with Crippen molar-refractivity contribution >= 4 is 17.0 Å². The van der Waals surface area contributed by atoms with Gasteiger partial charge < -0.3 is 0 Å². The first kappa shape index (κ1) is 5.91. The highest BCUT2D eigenvalue weighted by Gasteiger charge is 2.24. The number of amides is 1. The fraction of sp³-hybridized carbons (Fsp3) is 0.750. The molecule has 0 aromatic heterocycles. The molecular weight excluding hydrogens is 124 g/mol. The highest BCUT2D eigenvalue weighted by atomic mass is 32.2. The Kier molecular flexibility index (Phi) is 1.44. The van der Waals surface area contributed by atoms with Crippen molar-refractivity contribution in [3.63, 3.8) is 0 Å². The molecule has 8 heavy (non-hydrogen) atoms. The largest absolute Gasteiger partial charge is 0.295 e. The second-order valence-electron chi connectivity index (χ2n) is 1.83. The van der Waals surface area contributed by atoms with Crippen LogP contribution in [0.15, 0.2) is 0 Å². The number of nitrogens with two attached hydrogens (primary N) is 1. The number of carbonyl (C=O) groups is 1. The van der Waals surface area contributed by atoms with Gasteiger partial charge in [0.15, 0.2) is 0 Å². The molecule has 0 aliphatic carbocycles. The molecular formula is C4H8N2OS. The first-order valence-corrected chi connectivity index (χ1v) is 3.41. The van der Waals surface area contributed by atoms with Crippen LogP contribution < -0.4 is 5.84 Å². The molecule has 46 valence electrons. The Labute approximate surface area is 52.2 Å². The van der Waals surface area contributed by atoms with Gasteiger partial charge in [-0.25, -0.2) is 5.84 Å². The summed E-state index contributed by atoms with van der Waals surface area (Å²) < 4.78 is 0. The van der Waals surface area contributed by atoms with E-state index in [0.29, 0.717) is 0 Å². The molecule has 1 unspecified atom stereocenters. The number of thioether (sulfide) groups is 1. The first-order chi connectivity index (χ1) is 3.72. The summed E-state index contributed by atoms with van der Waals surface area (Å²) in [5, 5.41) is 1.25. The van der Waals surface area contributed by atoms with Gasteiger partial charge in [-0.15, -0.1) is 0 Å². The van der Waals surface area contributed by atoms with Gasteiger partial charge in [0.2, 0.25) is 0 Å². The lowest BCUT2D eigenvalue weighted by molar-refractivity contribution is 0.217. The summed E-state index contributed by atoms with van der Waals surface area (Å²) in [7, 11) is 0. The molecule has 1 aliphatic rings. The molecule has 0 radical (unpaired) electrons. The number of hydrogen-bond donors (Lipinski definition) is 1. The maximum absolute atomic E-state index is 10.5. The molecule has 1 atom stereocenters. The van der Waals surface area contributed by atoms with Gasteiger partial charge in [-0.2, -0.15) is 0 Å². The molecule has 3 nitrogen and oxygen atoms in total. The van der Waals surface area contributed by atoms with E-state index in [1.165, 1.54) is 16.8 Å². The number of rotatable bonds is 0. The molecule has 0 spiro atoms. The van der Waals surface area contributed by atoms with Gasteiger partial charge >= 0.3 is 0 Å². The zero-order valence-corrected chi connectivity index (χ0v) is 5.44. The minimum absolute atomic E-state index is 0.0162. The summed E-state index contributed by atoms with van der Waals surface area (Å²) in [5.41, 5.74) is 0. The Morgan fingerprint density at radius 1 is 2.00 bits per heavy atom. The Balaban J connectivity index is 2.56. The molecule has 0 aromatic carbocycles. The van der Waals surface area contributed by atoms with Gasteiger partial charge in [-0.3, -0.25) is 9.80 Å². The summed E-state index contributed by atoms with van der Waals surface area (Å²) in [6.45, 7) is 1.93. The Morgan fingerprint density at radius 2 is 2.62 bits per heavy atom. The van der Waals surface area contributed by atoms with Crippen molar-refractivity contribution in [3.8, 4) is 0 Å². The summed E-state index contributed by atoms with van der Waals surface area (Å²) in [6.07, 6.45) is 0. The standard InChI is InChI=1S/C4H8N2OS/c1-3-2-8-4(7)6(3)5/h3H,2,5H2,1H3. The van der Waals surface area contributed by atoms with Crippen molar-refractivity contribution in [3.05, 3.63) is 0 Å². The van der Waals surface area contributed by atoms with E-state index in [9.17, 15) is 4.79 Å². The maximum Gasteiger partial charge on any atom is 0.295 e. The molecule has 1 aliphatic heterocycles. The second-order valence-corrected chi connectivity index (χ2v) is 2.80. The third-order valence-corrected chi connectivity index (χ3v) is 2.24. The van der Waals surface area contributed by atoms with Crippen molar-refractivity contribution in [2.75, 3.05) is 5.75 Å². The highest BCUT2D eigenvalue weighted by Crippen LogP contribution is 2.18. The Bertz CT molecular complexity index is 117. The van der Waals surface area contributed by atoms with Crippen molar-refractivity contribution < 1.29 is 4.79 Å². The fourth-order valence-corrected chi connectivity index (χ4v) is 1.40. The predicted molar refractivity (Wildman–Crippen MR) is 33.3 cm³/mol. The molecule has 0 saturated carbocycles. The highest BCUT2D eigenvalue weighted by molar-refractivity contribution is 8.13. The Morgan fingerprint density at radius 3 is 2.75 bits per heavy atom. The minimum Gasteiger partial charge on any atom is -0.268 e. The molecule has 1 heterocycles.